The van der Waals surface area contributed by atoms with E-state index in [2.05, 4.69) is 18.0 Å². The number of alkyl halides is 4. The zero-order chi connectivity index (χ0) is 50.8. The van der Waals surface area contributed by atoms with Gasteiger partial charge in [0.05, 0.1) is 22.8 Å². The van der Waals surface area contributed by atoms with Gasteiger partial charge in [-0.25, -0.2) is 46.1 Å². The molecule has 0 radical (unpaired) electrons. The minimum Gasteiger partial charge on any atom is -0.444 e. The lowest BCUT2D eigenvalue weighted by Gasteiger charge is -2.35. The van der Waals surface area contributed by atoms with Crippen LogP contribution in [0.15, 0.2) is 18.2 Å². The highest BCUT2D eigenvalue weighted by Gasteiger charge is 2.40. The number of likely N-dealkylation sites (tertiary alicyclic amines) is 2. The summed E-state index contributed by atoms with van der Waals surface area (Å²) in [7, 11) is 0. The number of piperidine rings is 2. The predicted molar refractivity (Wildman–Crippen MR) is 267 cm³/mol. The van der Waals surface area contributed by atoms with E-state index in [-0.39, 0.29) is 45.3 Å². The van der Waals surface area contributed by atoms with Gasteiger partial charge in [-0.1, -0.05) is 13.8 Å². The first-order valence-corrected chi connectivity index (χ1v) is 25.7. The smallest absolute Gasteiger partial charge is 0.410 e. The van der Waals surface area contributed by atoms with Crippen LogP contribution in [0.2, 0.25) is 0 Å². The van der Waals surface area contributed by atoms with Gasteiger partial charge in [0.1, 0.15) is 11.2 Å². The molecule has 0 bridgehead atoms. The summed E-state index contributed by atoms with van der Waals surface area (Å²) in [6, 6.07) is 6.10. The number of aryl methyl sites for hydroxylation is 2. The van der Waals surface area contributed by atoms with Gasteiger partial charge < -0.3 is 19.3 Å². The summed E-state index contributed by atoms with van der Waals surface area (Å²) in [5.41, 5.74) is 7.51. The van der Waals surface area contributed by atoms with Crippen molar-refractivity contribution in [2.24, 2.45) is 11.8 Å². The Kier molecular flexibility index (Phi) is 19.5. The zero-order valence-corrected chi connectivity index (χ0v) is 44.5. The van der Waals surface area contributed by atoms with E-state index in [1.54, 1.807) is 9.80 Å². The van der Waals surface area contributed by atoms with Gasteiger partial charge in [0.25, 0.3) is 0 Å². The number of aromatic nitrogens is 6. The van der Waals surface area contributed by atoms with Crippen molar-refractivity contribution >= 4 is 23.5 Å². The van der Waals surface area contributed by atoms with Crippen LogP contribution >= 0.6 is 0 Å². The Labute approximate surface area is 417 Å². The number of rotatable bonds is 6. The maximum absolute atomic E-state index is 13.8. The molecule has 0 aromatic carbocycles. The molecule has 2 saturated heterocycles. The number of halogens is 6. The van der Waals surface area contributed by atoms with Gasteiger partial charge >= 0.3 is 12.2 Å². The van der Waals surface area contributed by atoms with Crippen LogP contribution < -0.4 is 0 Å². The minimum atomic E-state index is -2.62. The minimum absolute atomic E-state index is 0. The summed E-state index contributed by atoms with van der Waals surface area (Å²) in [6.07, 6.45) is 8.15. The SMILES string of the molecule is CC.Cc1cc([C@@H]2CCCN(C(=O)OC(C)(C)C)C2)n2nc(C3CCC(C(C)(F)F)CC3)cc2n1.Cc1nc2cc(C3CCC(C(C)(F)F)CC3)nn2c([C@@H]2CCCN(C(=O)OC(C)(C)C)C2)c1C.F.F. The van der Waals surface area contributed by atoms with Crippen molar-refractivity contribution in [2.45, 2.75) is 214 Å². The van der Waals surface area contributed by atoms with Crippen LogP contribution in [-0.2, 0) is 9.47 Å². The van der Waals surface area contributed by atoms with Crippen molar-refractivity contribution < 1.29 is 46.0 Å². The predicted octanol–water partition coefficient (Wildman–Crippen LogP) is 13.8. The summed E-state index contributed by atoms with van der Waals surface area (Å²) in [5, 5.41) is 9.86. The molecule has 4 aromatic rings. The number of carbonyl (C=O) groups is 2. The van der Waals surface area contributed by atoms with Gasteiger partial charge in [0, 0.05) is 85.2 Å². The van der Waals surface area contributed by atoms with Crippen LogP contribution in [0.4, 0.5) is 36.6 Å². The van der Waals surface area contributed by atoms with Crippen LogP contribution in [0, 0.1) is 32.6 Å². The summed E-state index contributed by atoms with van der Waals surface area (Å²) < 4.78 is 70.0. The Morgan fingerprint density at radius 1 is 0.563 bits per heavy atom. The van der Waals surface area contributed by atoms with E-state index < -0.39 is 34.9 Å². The van der Waals surface area contributed by atoms with E-state index in [1.165, 1.54) is 0 Å². The molecule has 8 rings (SSSR count). The van der Waals surface area contributed by atoms with Gasteiger partial charge in [0.15, 0.2) is 11.3 Å². The summed E-state index contributed by atoms with van der Waals surface area (Å²) >= 11 is 0. The molecule has 2 aliphatic heterocycles. The topological polar surface area (TPSA) is 119 Å². The van der Waals surface area contributed by atoms with Gasteiger partial charge in [0.2, 0.25) is 11.8 Å². The van der Waals surface area contributed by atoms with Crippen molar-refractivity contribution in [3.63, 3.8) is 0 Å². The van der Waals surface area contributed by atoms with Gasteiger partial charge in [-0.15, -0.1) is 0 Å². The van der Waals surface area contributed by atoms with E-state index in [0.29, 0.717) is 51.9 Å². The van der Waals surface area contributed by atoms with Crippen molar-refractivity contribution in [2.75, 3.05) is 26.2 Å². The fourth-order valence-corrected chi connectivity index (χ4v) is 10.8. The maximum Gasteiger partial charge on any atom is 0.410 e. The van der Waals surface area contributed by atoms with E-state index in [1.807, 2.05) is 90.4 Å². The molecular formula is C53H82F6N8O4. The van der Waals surface area contributed by atoms with Crippen molar-refractivity contribution in [1.82, 2.24) is 39.0 Å². The van der Waals surface area contributed by atoms with Gasteiger partial charge in [-0.2, -0.15) is 10.2 Å². The molecule has 400 valence electrons. The lowest BCUT2D eigenvalue weighted by atomic mass is 9.78. The number of amides is 2. The molecule has 4 fully saturated rings. The number of hydrogen-bond donors (Lipinski definition) is 0. The van der Waals surface area contributed by atoms with E-state index in [4.69, 9.17) is 24.7 Å². The molecule has 0 N–H and O–H groups in total. The number of hydrogen-bond acceptors (Lipinski definition) is 8. The Hall–Kier alpha value is -4.64. The third-order valence-electron chi connectivity index (χ3n) is 14.4. The third-order valence-corrected chi connectivity index (χ3v) is 14.4. The third kappa shape index (κ3) is 14.8. The molecule has 2 atom stereocenters. The van der Waals surface area contributed by atoms with Crippen LogP contribution in [0.3, 0.4) is 0 Å². The highest BCUT2D eigenvalue weighted by Crippen LogP contribution is 2.44. The number of carbonyl (C=O) groups excluding carboxylic acids is 2. The Morgan fingerprint density at radius 3 is 1.41 bits per heavy atom. The standard InChI is InChI=1S/C26H38F2N4O2.C25H36F2N4O2.C2H6.2FH/c1-16-17(2)29-22-14-21(18-9-11-20(12-10-18)26(6,27)28)30-32(22)23(16)19-8-7-13-31(15-19)24(33)34-25(3,4)5;1-16-13-21(18-7-6-12-30(15-18)23(32)33-24(2,3)4)31-22(28-16)14-20(29-31)17-8-10-19(11-9-17)25(5,26)27;1-2;;/h14,18-20H,7-13,15H2,1-6H3;13-14,17-19H,6-12,15H2,1-5H3;1-2H3;2*1H/t18?,19-,20?;17?,18-,19?;;;/m11.../s1. The summed E-state index contributed by atoms with van der Waals surface area (Å²) in [5.74, 6) is -5.68. The average Bonchev–Trinajstić information content (AvgIpc) is 3.90. The van der Waals surface area contributed by atoms with Crippen molar-refractivity contribution in [1.29, 1.82) is 0 Å². The molecule has 4 aliphatic rings. The van der Waals surface area contributed by atoms with Crippen LogP contribution in [0.5, 0.6) is 0 Å². The number of nitrogens with zero attached hydrogens (tertiary/aromatic N) is 8. The monoisotopic (exact) mass is 1010 g/mol. The van der Waals surface area contributed by atoms with Gasteiger partial charge in [-0.05, 0) is 165 Å². The lowest BCUT2D eigenvalue weighted by Crippen LogP contribution is -2.42. The quantitative estimate of drug-likeness (QED) is 0.175. The molecule has 6 heterocycles. The number of fused-ring (bicyclic) bond motifs is 2. The molecule has 12 nitrogen and oxygen atoms in total. The summed E-state index contributed by atoms with van der Waals surface area (Å²) in [4.78, 5) is 38.4. The number of ether oxygens (including phenoxy) is 2. The zero-order valence-electron chi connectivity index (χ0n) is 44.5. The second kappa shape index (κ2) is 23.5. The Bertz CT molecular complexity index is 2380. The van der Waals surface area contributed by atoms with Gasteiger partial charge in [-0.3, -0.25) is 9.41 Å². The first-order valence-electron chi connectivity index (χ1n) is 25.7. The second-order valence-electron chi connectivity index (χ2n) is 22.2. The molecule has 18 heteroatoms. The van der Waals surface area contributed by atoms with E-state index in [0.717, 1.165) is 116 Å². The molecule has 71 heavy (non-hydrogen) atoms. The largest absolute Gasteiger partial charge is 0.444 e. The normalized spacial score (nSPS) is 23.3. The molecular weight excluding hydrogens is 927 g/mol. The average molecular weight is 1010 g/mol. The van der Waals surface area contributed by atoms with Crippen LogP contribution in [0.1, 0.15) is 210 Å². The highest BCUT2D eigenvalue weighted by molar-refractivity contribution is 5.69. The highest BCUT2D eigenvalue weighted by atomic mass is 19.3. The molecule has 2 aliphatic carbocycles. The molecule has 2 saturated carbocycles. The first-order chi connectivity index (χ1) is 32.2. The molecule has 2 amide bonds. The summed E-state index contributed by atoms with van der Waals surface area (Å²) in [6.45, 7) is 25.9. The maximum atomic E-state index is 13.8. The van der Waals surface area contributed by atoms with Crippen molar-refractivity contribution in [3.8, 4) is 0 Å². The van der Waals surface area contributed by atoms with Crippen molar-refractivity contribution in [3.05, 3.63) is 57.9 Å². The molecule has 0 spiro atoms. The van der Waals surface area contributed by atoms with E-state index in [9.17, 15) is 27.2 Å². The lowest BCUT2D eigenvalue weighted by molar-refractivity contribution is -0.0553. The van der Waals surface area contributed by atoms with E-state index >= 15 is 0 Å². The van der Waals surface area contributed by atoms with Crippen LogP contribution in [-0.4, -0.2) is 100 Å². The Morgan fingerprint density at radius 2 is 0.972 bits per heavy atom. The first kappa shape index (κ1) is 58.9. The van der Waals surface area contributed by atoms with Crippen LogP contribution in [0.25, 0.3) is 11.3 Å². The second-order valence-corrected chi connectivity index (χ2v) is 22.2. The fourth-order valence-electron chi connectivity index (χ4n) is 10.8. The fraction of sp³-hybridized carbons (Fsp3) is 0.736. The molecule has 4 aromatic heterocycles. The molecule has 0 unspecified atom stereocenters. The Balaban J connectivity index is 0.000000290.